The minimum Gasteiger partial charge on any atom is -0.335 e. The normalized spacial score (nSPS) is 10.8. The van der Waals surface area contributed by atoms with Crippen molar-refractivity contribution in [3.8, 4) is 0 Å². The number of nitrogens with two attached hydrogens (primary N) is 1. The number of nitrogens with zero attached hydrogens (tertiary/aromatic N) is 2. The molecule has 0 aliphatic rings. The van der Waals surface area contributed by atoms with Gasteiger partial charge in [0.25, 0.3) is 0 Å². The summed E-state index contributed by atoms with van der Waals surface area (Å²) in [6.07, 6.45) is 10.2. The van der Waals surface area contributed by atoms with Crippen LogP contribution in [0.25, 0.3) is 0 Å². The molecular weight excluding hydrogens is 226 g/mol. The summed E-state index contributed by atoms with van der Waals surface area (Å²) in [5, 5.41) is 0. The minimum atomic E-state index is 0.298. The predicted molar refractivity (Wildman–Crippen MR) is 73.4 cm³/mol. The second kappa shape index (κ2) is 8.86. The maximum Gasteiger partial charge on any atom is 0.140 e. The van der Waals surface area contributed by atoms with Crippen molar-refractivity contribution in [3.63, 3.8) is 0 Å². The van der Waals surface area contributed by atoms with E-state index in [1.165, 1.54) is 0 Å². The summed E-state index contributed by atoms with van der Waals surface area (Å²) in [6.45, 7) is 3.82. The molecule has 0 atom stereocenters. The molecule has 0 radical (unpaired) electrons. The number of carbonyl (C=O) groups is 1. The average molecular weight is 251 g/mol. The van der Waals surface area contributed by atoms with Gasteiger partial charge in [-0.3, -0.25) is 4.79 Å². The molecule has 2 N–H and O–H groups in total. The molecule has 0 unspecified atom stereocenters. The van der Waals surface area contributed by atoms with Crippen LogP contribution < -0.4 is 5.73 Å². The van der Waals surface area contributed by atoms with Crippen LogP contribution in [0.2, 0.25) is 0 Å². The molecule has 102 valence electrons. The first kappa shape index (κ1) is 14.9. The highest BCUT2D eigenvalue weighted by molar-refractivity contribution is 5.80. The molecule has 0 aromatic carbocycles. The molecule has 4 heteroatoms. The highest BCUT2D eigenvalue weighted by atomic mass is 16.1. The smallest absolute Gasteiger partial charge is 0.140 e. The van der Waals surface area contributed by atoms with Crippen molar-refractivity contribution in [2.45, 2.75) is 58.4 Å². The molecule has 0 fully saturated rings. The molecule has 0 bridgehead atoms. The summed E-state index contributed by atoms with van der Waals surface area (Å²) in [6, 6.07) is 0. The van der Waals surface area contributed by atoms with Crippen molar-refractivity contribution in [2.24, 2.45) is 5.73 Å². The number of carbonyl (C=O) groups excluding carboxylic acids is 1. The van der Waals surface area contributed by atoms with Crippen LogP contribution in [-0.2, 0) is 17.8 Å². The Morgan fingerprint density at radius 1 is 1.33 bits per heavy atom. The van der Waals surface area contributed by atoms with Crippen molar-refractivity contribution in [1.82, 2.24) is 9.55 Å². The van der Waals surface area contributed by atoms with E-state index in [0.717, 1.165) is 51.0 Å². The summed E-state index contributed by atoms with van der Waals surface area (Å²) in [4.78, 5) is 16.1. The first-order chi connectivity index (χ1) is 8.77. The monoisotopic (exact) mass is 251 g/mol. The predicted octanol–water partition coefficient (Wildman–Crippen LogP) is 2.31. The third-order valence-electron chi connectivity index (χ3n) is 3.03. The number of ketones is 1. The van der Waals surface area contributed by atoms with Gasteiger partial charge in [0.15, 0.2) is 0 Å². The third kappa shape index (κ3) is 5.45. The number of Topliss-reactive ketones (excluding diaryl/α,β-unsaturated/α-hetero) is 1. The van der Waals surface area contributed by atoms with Crippen LogP contribution in [0.5, 0.6) is 0 Å². The van der Waals surface area contributed by atoms with Crippen molar-refractivity contribution < 1.29 is 4.79 Å². The SMILES string of the molecule is CCCn1ccnc1CC(=O)CCCCCCN. The lowest BCUT2D eigenvalue weighted by Gasteiger charge is -2.05. The first-order valence-electron chi connectivity index (χ1n) is 6.99. The Labute approximate surface area is 110 Å². The zero-order valence-electron chi connectivity index (χ0n) is 11.4. The molecule has 18 heavy (non-hydrogen) atoms. The molecular formula is C14H25N3O. The molecule has 0 saturated heterocycles. The summed E-state index contributed by atoms with van der Waals surface area (Å²) >= 11 is 0. The van der Waals surface area contributed by atoms with Crippen LogP contribution in [0.15, 0.2) is 12.4 Å². The van der Waals surface area contributed by atoms with Crippen LogP contribution in [0.4, 0.5) is 0 Å². The van der Waals surface area contributed by atoms with Crippen LogP contribution in [0, 0.1) is 0 Å². The first-order valence-corrected chi connectivity index (χ1v) is 6.99. The Bertz CT molecular complexity index is 347. The summed E-state index contributed by atoms with van der Waals surface area (Å²) in [5.41, 5.74) is 5.43. The fraction of sp³-hybridized carbons (Fsp3) is 0.714. The molecule has 0 spiro atoms. The van der Waals surface area contributed by atoms with Crippen LogP contribution >= 0.6 is 0 Å². The standard InChI is InChI=1S/C14H25N3O/c1-2-10-17-11-9-16-14(17)12-13(18)7-5-3-4-6-8-15/h9,11H,2-8,10,12,15H2,1H3. The van der Waals surface area contributed by atoms with Crippen LogP contribution in [0.1, 0.15) is 51.3 Å². The maximum atomic E-state index is 11.8. The highest BCUT2D eigenvalue weighted by Gasteiger charge is 2.08. The molecule has 4 nitrogen and oxygen atoms in total. The van der Waals surface area contributed by atoms with E-state index < -0.39 is 0 Å². The lowest BCUT2D eigenvalue weighted by atomic mass is 10.1. The minimum absolute atomic E-state index is 0.298. The molecule has 0 saturated carbocycles. The van der Waals surface area contributed by atoms with E-state index in [2.05, 4.69) is 16.5 Å². The molecule has 1 heterocycles. The maximum absolute atomic E-state index is 11.8. The van der Waals surface area contributed by atoms with E-state index in [0.29, 0.717) is 18.6 Å². The van der Waals surface area contributed by atoms with Crippen molar-refractivity contribution in [3.05, 3.63) is 18.2 Å². The Morgan fingerprint density at radius 3 is 2.83 bits per heavy atom. The number of aromatic nitrogens is 2. The van der Waals surface area contributed by atoms with Crippen LogP contribution in [-0.4, -0.2) is 21.9 Å². The number of unbranched alkanes of at least 4 members (excludes halogenated alkanes) is 3. The molecule has 1 rings (SSSR count). The van der Waals surface area contributed by atoms with E-state index in [1.807, 2.05) is 6.20 Å². The number of hydrogen-bond donors (Lipinski definition) is 1. The van der Waals surface area contributed by atoms with E-state index in [4.69, 9.17) is 5.73 Å². The Kier molecular flexibility index (Phi) is 7.34. The van der Waals surface area contributed by atoms with Gasteiger partial charge in [-0.15, -0.1) is 0 Å². The van der Waals surface area contributed by atoms with Gasteiger partial charge in [-0.2, -0.15) is 0 Å². The van der Waals surface area contributed by atoms with E-state index in [9.17, 15) is 4.79 Å². The zero-order valence-corrected chi connectivity index (χ0v) is 11.4. The van der Waals surface area contributed by atoms with Crippen molar-refractivity contribution in [1.29, 1.82) is 0 Å². The fourth-order valence-electron chi connectivity index (χ4n) is 2.04. The topological polar surface area (TPSA) is 60.9 Å². The summed E-state index contributed by atoms with van der Waals surface area (Å²) in [5.74, 6) is 1.20. The second-order valence-corrected chi connectivity index (χ2v) is 4.71. The summed E-state index contributed by atoms with van der Waals surface area (Å²) < 4.78 is 2.08. The number of hydrogen-bond acceptors (Lipinski definition) is 3. The lowest BCUT2D eigenvalue weighted by molar-refractivity contribution is -0.118. The lowest BCUT2D eigenvalue weighted by Crippen LogP contribution is -2.09. The van der Waals surface area contributed by atoms with Gasteiger partial charge in [-0.25, -0.2) is 4.98 Å². The fourth-order valence-corrected chi connectivity index (χ4v) is 2.04. The van der Waals surface area contributed by atoms with Gasteiger partial charge in [-0.05, 0) is 25.8 Å². The van der Waals surface area contributed by atoms with Gasteiger partial charge in [0.2, 0.25) is 0 Å². The van der Waals surface area contributed by atoms with E-state index in [-0.39, 0.29) is 0 Å². The van der Waals surface area contributed by atoms with Crippen LogP contribution in [0.3, 0.4) is 0 Å². The molecule has 1 aromatic heterocycles. The van der Waals surface area contributed by atoms with Crippen molar-refractivity contribution >= 4 is 5.78 Å². The third-order valence-corrected chi connectivity index (χ3v) is 3.03. The number of aryl methyl sites for hydroxylation is 1. The molecule has 1 aromatic rings. The summed E-state index contributed by atoms with van der Waals surface area (Å²) in [7, 11) is 0. The highest BCUT2D eigenvalue weighted by Crippen LogP contribution is 2.07. The zero-order chi connectivity index (χ0) is 13.2. The van der Waals surface area contributed by atoms with Gasteiger partial charge in [-0.1, -0.05) is 19.8 Å². The quantitative estimate of drug-likeness (QED) is 0.649. The van der Waals surface area contributed by atoms with E-state index >= 15 is 0 Å². The second-order valence-electron chi connectivity index (χ2n) is 4.71. The van der Waals surface area contributed by atoms with Gasteiger partial charge in [0.05, 0.1) is 6.42 Å². The Morgan fingerprint density at radius 2 is 2.11 bits per heavy atom. The Hall–Kier alpha value is -1.16. The van der Waals surface area contributed by atoms with E-state index in [1.54, 1.807) is 6.20 Å². The average Bonchev–Trinajstić information content (AvgIpc) is 2.77. The number of rotatable bonds is 10. The molecule has 0 aliphatic heterocycles. The molecule has 0 amide bonds. The van der Waals surface area contributed by atoms with Gasteiger partial charge in [0, 0.05) is 25.4 Å². The number of imidazole rings is 1. The molecule has 0 aliphatic carbocycles. The van der Waals surface area contributed by atoms with Gasteiger partial charge >= 0.3 is 0 Å². The largest absolute Gasteiger partial charge is 0.335 e. The Balaban J connectivity index is 2.24. The van der Waals surface area contributed by atoms with Gasteiger partial charge in [0.1, 0.15) is 11.6 Å². The van der Waals surface area contributed by atoms with Gasteiger partial charge < -0.3 is 10.3 Å². The van der Waals surface area contributed by atoms with Crippen molar-refractivity contribution in [2.75, 3.05) is 6.54 Å².